The average molecular weight is 421 g/mol. The van der Waals surface area contributed by atoms with Crippen LogP contribution in [0.4, 0.5) is 10.5 Å². The zero-order valence-electron chi connectivity index (χ0n) is 13.7. The third kappa shape index (κ3) is 3.78. The molecule has 1 aliphatic carbocycles. The number of aromatic hydroxyl groups is 1. The normalized spacial score (nSPS) is 22.9. The summed E-state index contributed by atoms with van der Waals surface area (Å²) in [7, 11) is -3.90. The first kappa shape index (κ1) is 19.3. The number of phenolic OH excluding ortho intramolecular Hbond substituents is 1. The van der Waals surface area contributed by atoms with E-state index in [1.54, 1.807) is 0 Å². The van der Waals surface area contributed by atoms with Gasteiger partial charge in [0.2, 0.25) is 0 Å². The zero-order chi connectivity index (χ0) is 18.9. The van der Waals surface area contributed by atoms with E-state index >= 15 is 0 Å². The number of phenols is 1. The van der Waals surface area contributed by atoms with Crippen LogP contribution in [0.5, 0.6) is 5.75 Å². The van der Waals surface area contributed by atoms with Gasteiger partial charge in [0.15, 0.2) is 15.6 Å². The van der Waals surface area contributed by atoms with Crippen molar-refractivity contribution in [2.45, 2.75) is 35.4 Å². The topological polar surface area (TPSA) is 105 Å². The highest BCUT2D eigenvalue weighted by Crippen LogP contribution is 2.39. The number of ether oxygens (including phenoxy) is 1. The van der Waals surface area contributed by atoms with E-state index < -0.39 is 31.8 Å². The summed E-state index contributed by atoms with van der Waals surface area (Å²) in [6, 6.07) is 1.76. The van der Waals surface area contributed by atoms with Gasteiger partial charge in [0, 0.05) is 11.6 Å². The molecule has 142 valence electrons. The number of hydrogen-bond acceptors (Lipinski definition) is 5. The minimum atomic E-state index is -3.90. The van der Waals surface area contributed by atoms with Gasteiger partial charge in [0.1, 0.15) is 4.90 Å². The monoisotopic (exact) mass is 420 g/mol. The second-order valence-corrected chi connectivity index (χ2v) is 9.13. The molecule has 7 nitrogen and oxygen atoms in total. The fourth-order valence-corrected chi connectivity index (χ4v) is 5.45. The minimum Gasteiger partial charge on any atom is -0.504 e. The van der Waals surface area contributed by atoms with Crippen molar-refractivity contribution in [3.8, 4) is 5.75 Å². The third-order valence-corrected chi connectivity index (χ3v) is 7.45. The number of rotatable bonds is 4. The highest BCUT2D eigenvalue weighted by Gasteiger charge is 2.35. The predicted molar refractivity (Wildman–Crippen MR) is 98.6 cm³/mol. The summed E-state index contributed by atoms with van der Waals surface area (Å²) < 4.78 is 30.6. The van der Waals surface area contributed by atoms with Crippen LogP contribution in [0.15, 0.2) is 28.1 Å². The van der Waals surface area contributed by atoms with E-state index in [1.165, 1.54) is 12.1 Å². The van der Waals surface area contributed by atoms with Crippen LogP contribution in [0.25, 0.3) is 0 Å². The molecule has 3 N–H and O–H groups in total. The predicted octanol–water partition coefficient (Wildman–Crippen LogP) is 3.01. The minimum absolute atomic E-state index is 0.0444. The maximum atomic E-state index is 12.8. The first-order valence-electron chi connectivity index (χ1n) is 8.07. The van der Waals surface area contributed by atoms with Crippen LogP contribution in [0, 0.1) is 0 Å². The van der Waals surface area contributed by atoms with Gasteiger partial charge in [-0.3, -0.25) is 0 Å². The largest absolute Gasteiger partial charge is 0.504 e. The molecule has 1 fully saturated rings. The van der Waals surface area contributed by atoms with E-state index in [0.29, 0.717) is 24.5 Å². The molecule has 2 amide bonds. The van der Waals surface area contributed by atoms with E-state index in [1.807, 2.05) is 6.08 Å². The number of halogens is 2. The molecule has 0 spiro atoms. The SMILES string of the molecule is O=C(Nc1ccc(Cl)c(S(=O)(=O)[C@H]2CCOC2)c1O)N[C@@H]1CCC=C1Cl. The number of hydrogen-bond donors (Lipinski definition) is 3. The molecule has 0 aromatic heterocycles. The first-order valence-corrected chi connectivity index (χ1v) is 10.4. The van der Waals surface area contributed by atoms with Gasteiger partial charge < -0.3 is 20.5 Å². The van der Waals surface area contributed by atoms with Gasteiger partial charge in [-0.25, -0.2) is 13.2 Å². The number of allylic oxidation sites excluding steroid dienone is 1. The maximum absolute atomic E-state index is 12.8. The van der Waals surface area contributed by atoms with E-state index in [0.717, 1.165) is 6.42 Å². The summed E-state index contributed by atoms with van der Waals surface area (Å²) in [4.78, 5) is 11.7. The molecule has 1 aromatic rings. The fraction of sp³-hybridized carbons (Fsp3) is 0.438. The Bertz CT molecular complexity index is 850. The Morgan fingerprint density at radius 2 is 2.04 bits per heavy atom. The van der Waals surface area contributed by atoms with Crippen LogP contribution in [-0.4, -0.2) is 44.1 Å². The summed E-state index contributed by atoms with van der Waals surface area (Å²) in [5.74, 6) is -0.590. The summed E-state index contributed by atoms with van der Waals surface area (Å²) in [6.45, 7) is 0.376. The molecule has 0 unspecified atom stereocenters. The van der Waals surface area contributed by atoms with Crippen molar-refractivity contribution in [3.05, 3.63) is 28.3 Å². The van der Waals surface area contributed by atoms with Gasteiger partial charge in [-0.2, -0.15) is 0 Å². The molecule has 1 aromatic carbocycles. The highest BCUT2D eigenvalue weighted by molar-refractivity contribution is 7.92. The number of sulfone groups is 1. The van der Waals surface area contributed by atoms with E-state index in [4.69, 9.17) is 27.9 Å². The number of nitrogens with one attached hydrogen (secondary N) is 2. The van der Waals surface area contributed by atoms with Crippen molar-refractivity contribution in [2.75, 3.05) is 18.5 Å². The number of anilines is 1. The Hall–Kier alpha value is -1.48. The molecule has 1 aliphatic heterocycles. The van der Waals surface area contributed by atoms with Crippen LogP contribution < -0.4 is 10.6 Å². The van der Waals surface area contributed by atoms with Crippen molar-refractivity contribution >= 4 is 44.8 Å². The molecule has 3 rings (SSSR count). The Labute approximate surface area is 161 Å². The van der Waals surface area contributed by atoms with Crippen molar-refractivity contribution in [3.63, 3.8) is 0 Å². The van der Waals surface area contributed by atoms with Crippen LogP contribution in [0.1, 0.15) is 19.3 Å². The lowest BCUT2D eigenvalue weighted by Crippen LogP contribution is -2.37. The standard InChI is InChI=1S/C16H18Cl2N2O5S/c17-10-2-1-3-12(10)19-16(22)20-13-5-4-11(18)15(14(13)21)26(23,24)9-6-7-25-8-9/h2,4-5,9,12,21H,1,3,6-8H2,(H2,19,20,22)/t9-,12+/m0/s1. The summed E-state index contributed by atoms with van der Waals surface area (Å²) in [5.41, 5.74) is -0.0533. The Morgan fingerprint density at radius 1 is 1.27 bits per heavy atom. The molecule has 0 radical (unpaired) electrons. The molecule has 1 heterocycles. The third-order valence-electron chi connectivity index (χ3n) is 4.38. The molecule has 26 heavy (non-hydrogen) atoms. The number of amides is 2. The molecular formula is C16H18Cl2N2O5S. The Balaban J connectivity index is 1.83. The van der Waals surface area contributed by atoms with Crippen molar-refractivity contribution < 1.29 is 23.1 Å². The van der Waals surface area contributed by atoms with Gasteiger partial charge in [0.25, 0.3) is 0 Å². The van der Waals surface area contributed by atoms with Crippen LogP contribution in [0.3, 0.4) is 0 Å². The van der Waals surface area contributed by atoms with Crippen molar-refractivity contribution in [1.29, 1.82) is 0 Å². The van der Waals surface area contributed by atoms with Crippen LogP contribution >= 0.6 is 23.2 Å². The summed E-state index contributed by atoms with van der Waals surface area (Å²) >= 11 is 12.0. The first-order chi connectivity index (χ1) is 12.3. The molecule has 2 aliphatic rings. The highest BCUT2D eigenvalue weighted by atomic mass is 35.5. The number of benzene rings is 1. The number of carbonyl (C=O) groups is 1. The van der Waals surface area contributed by atoms with Gasteiger partial charge in [0.05, 0.1) is 28.6 Å². The zero-order valence-corrected chi connectivity index (χ0v) is 16.0. The quantitative estimate of drug-likeness (QED) is 0.649. The second kappa shape index (κ2) is 7.64. The number of carbonyl (C=O) groups excluding carboxylic acids is 1. The lowest BCUT2D eigenvalue weighted by Gasteiger charge is -2.17. The number of urea groups is 1. The van der Waals surface area contributed by atoms with Gasteiger partial charge in [-0.15, -0.1) is 0 Å². The maximum Gasteiger partial charge on any atom is 0.319 e. The second-order valence-electron chi connectivity index (χ2n) is 6.12. The van der Waals surface area contributed by atoms with Gasteiger partial charge in [-0.1, -0.05) is 29.3 Å². The molecule has 0 saturated carbocycles. The van der Waals surface area contributed by atoms with Gasteiger partial charge in [-0.05, 0) is 31.4 Å². The lowest BCUT2D eigenvalue weighted by molar-refractivity contribution is 0.198. The molecular weight excluding hydrogens is 403 g/mol. The summed E-state index contributed by atoms with van der Waals surface area (Å²) in [5, 5.41) is 15.2. The van der Waals surface area contributed by atoms with Crippen molar-refractivity contribution in [1.82, 2.24) is 5.32 Å². The van der Waals surface area contributed by atoms with E-state index in [9.17, 15) is 18.3 Å². The van der Waals surface area contributed by atoms with Crippen LogP contribution in [0.2, 0.25) is 5.02 Å². The fourth-order valence-electron chi connectivity index (χ4n) is 2.97. The molecule has 0 bridgehead atoms. The van der Waals surface area contributed by atoms with Crippen LogP contribution in [-0.2, 0) is 14.6 Å². The molecule has 1 saturated heterocycles. The Morgan fingerprint density at radius 3 is 2.65 bits per heavy atom. The van der Waals surface area contributed by atoms with E-state index in [2.05, 4.69) is 10.6 Å². The average Bonchev–Trinajstić information content (AvgIpc) is 3.23. The Kier molecular flexibility index (Phi) is 5.67. The summed E-state index contributed by atoms with van der Waals surface area (Å²) in [6.07, 6.45) is 3.59. The smallest absolute Gasteiger partial charge is 0.319 e. The van der Waals surface area contributed by atoms with Crippen molar-refractivity contribution in [2.24, 2.45) is 0 Å². The lowest BCUT2D eigenvalue weighted by atomic mass is 10.2. The molecule has 2 atom stereocenters. The van der Waals surface area contributed by atoms with E-state index in [-0.39, 0.29) is 23.4 Å². The van der Waals surface area contributed by atoms with Gasteiger partial charge >= 0.3 is 6.03 Å². The molecule has 10 heteroatoms.